The van der Waals surface area contributed by atoms with E-state index in [1.807, 2.05) is 24.0 Å². The summed E-state index contributed by atoms with van der Waals surface area (Å²) < 4.78 is 0. The Kier molecular flexibility index (Phi) is 5.48. The highest BCUT2D eigenvalue weighted by molar-refractivity contribution is 5.83. The summed E-state index contributed by atoms with van der Waals surface area (Å²) in [4.78, 5) is 28.4. The minimum Gasteiger partial charge on any atom is -0.355 e. The van der Waals surface area contributed by atoms with E-state index in [1.54, 1.807) is 0 Å². The molecule has 1 aromatic rings. The lowest BCUT2D eigenvalue weighted by molar-refractivity contribution is -0.135. The van der Waals surface area contributed by atoms with Crippen molar-refractivity contribution in [2.45, 2.75) is 25.9 Å². The van der Waals surface area contributed by atoms with Crippen molar-refractivity contribution in [3.8, 4) is 0 Å². The number of benzene rings is 1. The average molecular weight is 330 g/mol. The maximum atomic E-state index is 12.8. The van der Waals surface area contributed by atoms with Gasteiger partial charge in [0.15, 0.2) is 0 Å². The first kappa shape index (κ1) is 16.9. The highest BCUT2D eigenvalue weighted by Crippen LogP contribution is 2.18. The Balaban J connectivity index is 1.50. The SMILES string of the molecule is CCNC(=O)CN1CCN(C(=O)C2Cc3ccccc3CN2)CC1. The van der Waals surface area contributed by atoms with Crippen LogP contribution < -0.4 is 10.6 Å². The van der Waals surface area contributed by atoms with Crippen LogP contribution in [0.2, 0.25) is 0 Å². The van der Waals surface area contributed by atoms with Crippen molar-refractivity contribution in [1.82, 2.24) is 20.4 Å². The lowest BCUT2D eigenvalue weighted by Gasteiger charge is -2.37. The summed E-state index contributed by atoms with van der Waals surface area (Å²) >= 11 is 0. The summed E-state index contributed by atoms with van der Waals surface area (Å²) in [5.74, 6) is 0.241. The number of hydrogen-bond donors (Lipinski definition) is 2. The Morgan fingerprint density at radius 1 is 1.17 bits per heavy atom. The molecule has 0 aromatic heterocycles. The number of rotatable bonds is 4. The van der Waals surface area contributed by atoms with E-state index in [0.29, 0.717) is 26.2 Å². The Labute approximate surface area is 143 Å². The molecule has 1 atom stereocenters. The minimum absolute atomic E-state index is 0.0582. The van der Waals surface area contributed by atoms with Crippen molar-refractivity contribution in [1.29, 1.82) is 0 Å². The van der Waals surface area contributed by atoms with Gasteiger partial charge in [0.05, 0.1) is 12.6 Å². The van der Waals surface area contributed by atoms with Crippen molar-refractivity contribution in [2.24, 2.45) is 0 Å². The molecule has 2 aliphatic rings. The zero-order valence-electron chi connectivity index (χ0n) is 14.3. The molecular weight excluding hydrogens is 304 g/mol. The molecule has 0 saturated carbocycles. The predicted octanol–water partition coefficient (Wildman–Crippen LogP) is -0.0188. The normalized spacial score (nSPS) is 21.2. The molecule has 6 heteroatoms. The van der Waals surface area contributed by atoms with Gasteiger partial charge in [-0.25, -0.2) is 0 Å². The number of hydrogen-bond acceptors (Lipinski definition) is 4. The Bertz CT molecular complexity index is 596. The summed E-state index contributed by atoms with van der Waals surface area (Å²) in [6.07, 6.45) is 0.758. The Morgan fingerprint density at radius 3 is 2.58 bits per heavy atom. The predicted molar refractivity (Wildman–Crippen MR) is 92.5 cm³/mol. The van der Waals surface area contributed by atoms with Crippen molar-refractivity contribution in [3.63, 3.8) is 0 Å². The van der Waals surface area contributed by atoms with Crippen LogP contribution in [-0.2, 0) is 22.6 Å². The largest absolute Gasteiger partial charge is 0.355 e. The van der Waals surface area contributed by atoms with Gasteiger partial charge in [-0.2, -0.15) is 0 Å². The number of nitrogens with zero attached hydrogens (tertiary/aromatic N) is 2. The smallest absolute Gasteiger partial charge is 0.240 e. The lowest BCUT2D eigenvalue weighted by Crippen LogP contribution is -2.56. The van der Waals surface area contributed by atoms with Gasteiger partial charge in [0.25, 0.3) is 0 Å². The first-order chi connectivity index (χ1) is 11.7. The molecular formula is C18H26N4O2. The van der Waals surface area contributed by atoms with Crippen LogP contribution in [0.25, 0.3) is 0 Å². The Morgan fingerprint density at radius 2 is 1.88 bits per heavy atom. The summed E-state index contributed by atoms with van der Waals surface area (Å²) in [7, 11) is 0. The van der Waals surface area contributed by atoms with Gasteiger partial charge in [-0.15, -0.1) is 0 Å². The van der Waals surface area contributed by atoms with Crippen LogP contribution in [0, 0.1) is 0 Å². The summed E-state index contributed by atoms with van der Waals surface area (Å²) in [6.45, 7) is 6.65. The fourth-order valence-electron chi connectivity index (χ4n) is 3.43. The van der Waals surface area contributed by atoms with Gasteiger partial charge in [-0.05, 0) is 24.5 Å². The van der Waals surface area contributed by atoms with Gasteiger partial charge >= 0.3 is 0 Å². The van der Waals surface area contributed by atoms with Crippen LogP contribution in [0.3, 0.4) is 0 Å². The lowest BCUT2D eigenvalue weighted by atomic mass is 9.95. The maximum absolute atomic E-state index is 12.8. The number of likely N-dealkylation sites (N-methyl/N-ethyl adjacent to an activating group) is 1. The Hall–Kier alpha value is -1.92. The molecule has 2 aliphatic heterocycles. The molecule has 0 bridgehead atoms. The molecule has 130 valence electrons. The van der Waals surface area contributed by atoms with Gasteiger partial charge in [0.2, 0.25) is 11.8 Å². The van der Waals surface area contributed by atoms with E-state index in [0.717, 1.165) is 26.1 Å². The van der Waals surface area contributed by atoms with Gasteiger partial charge in [0, 0.05) is 39.3 Å². The fraction of sp³-hybridized carbons (Fsp3) is 0.556. The van der Waals surface area contributed by atoms with Gasteiger partial charge in [-0.1, -0.05) is 24.3 Å². The quantitative estimate of drug-likeness (QED) is 0.814. The van der Waals surface area contributed by atoms with Crippen molar-refractivity contribution >= 4 is 11.8 Å². The molecule has 1 fully saturated rings. The highest BCUT2D eigenvalue weighted by Gasteiger charge is 2.30. The van der Waals surface area contributed by atoms with Gasteiger partial charge in [-0.3, -0.25) is 14.5 Å². The molecule has 0 spiro atoms. The summed E-state index contributed by atoms with van der Waals surface area (Å²) in [5, 5.41) is 6.18. The summed E-state index contributed by atoms with van der Waals surface area (Å²) in [6, 6.07) is 8.17. The summed E-state index contributed by atoms with van der Waals surface area (Å²) in [5.41, 5.74) is 2.55. The molecule has 0 aliphatic carbocycles. The molecule has 1 unspecified atom stereocenters. The number of nitrogens with one attached hydrogen (secondary N) is 2. The van der Waals surface area contributed by atoms with E-state index >= 15 is 0 Å². The first-order valence-electron chi connectivity index (χ1n) is 8.75. The van der Waals surface area contributed by atoms with Crippen molar-refractivity contribution in [2.75, 3.05) is 39.3 Å². The number of carbonyl (C=O) groups excluding carboxylic acids is 2. The van der Waals surface area contributed by atoms with Crippen molar-refractivity contribution in [3.05, 3.63) is 35.4 Å². The third-order valence-electron chi connectivity index (χ3n) is 4.80. The number of piperazine rings is 1. The fourth-order valence-corrected chi connectivity index (χ4v) is 3.43. The number of carbonyl (C=O) groups is 2. The van der Waals surface area contributed by atoms with E-state index in [9.17, 15) is 9.59 Å². The monoisotopic (exact) mass is 330 g/mol. The molecule has 1 aromatic carbocycles. The third-order valence-corrected chi connectivity index (χ3v) is 4.80. The molecule has 24 heavy (non-hydrogen) atoms. The van der Waals surface area contributed by atoms with E-state index in [4.69, 9.17) is 0 Å². The van der Waals surface area contributed by atoms with Gasteiger partial charge in [0.1, 0.15) is 0 Å². The van der Waals surface area contributed by atoms with Crippen LogP contribution in [-0.4, -0.2) is 66.9 Å². The third kappa shape index (κ3) is 3.94. The molecule has 1 saturated heterocycles. The van der Waals surface area contributed by atoms with Crippen LogP contribution in [0.1, 0.15) is 18.1 Å². The van der Waals surface area contributed by atoms with E-state index in [2.05, 4.69) is 27.7 Å². The molecule has 2 N–H and O–H groups in total. The van der Waals surface area contributed by atoms with E-state index in [1.165, 1.54) is 11.1 Å². The zero-order chi connectivity index (χ0) is 16.9. The second kappa shape index (κ2) is 7.77. The topological polar surface area (TPSA) is 64.7 Å². The van der Waals surface area contributed by atoms with Gasteiger partial charge < -0.3 is 15.5 Å². The highest BCUT2D eigenvalue weighted by atomic mass is 16.2. The number of amides is 2. The molecule has 0 radical (unpaired) electrons. The molecule has 2 heterocycles. The standard InChI is InChI=1S/C18H26N4O2/c1-2-19-17(23)13-21-7-9-22(10-8-21)18(24)16-11-14-5-3-4-6-15(14)12-20-16/h3-6,16,20H,2,7-13H2,1H3,(H,19,23). The van der Waals surface area contributed by atoms with Crippen LogP contribution in [0.15, 0.2) is 24.3 Å². The number of fused-ring (bicyclic) bond motifs is 1. The van der Waals surface area contributed by atoms with Crippen LogP contribution >= 0.6 is 0 Å². The average Bonchev–Trinajstić information content (AvgIpc) is 2.61. The first-order valence-corrected chi connectivity index (χ1v) is 8.75. The second-order valence-corrected chi connectivity index (χ2v) is 6.46. The minimum atomic E-state index is -0.130. The maximum Gasteiger partial charge on any atom is 0.240 e. The molecule has 3 rings (SSSR count). The molecule has 6 nitrogen and oxygen atoms in total. The van der Waals surface area contributed by atoms with Crippen molar-refractivity contribution < 1.29 is 9.59 Å². The van der Waals surface area contributed by atoms with E-state index < -0.39 is 0 Å². The molecule has 2 amide bonds. The van der Waals surface area contributed by atoms with Crippen LogP contribution in [0.4, 0.5) is 0 Å². The zero-order valence-corrected chi connectivity index (χ0v) is 14.3. The van der Waals surface area contributed by atoms with Crippen LogP contribution in [0.5, 0.6) is 0 Å². The van der Waals surface area contributed by atoms with E-state index in [-0.39, 0.29) is 17.9 Å². The second-order valence-electron chi connectivity index (χ2n) is 6.46.